The van der Waals surface area contributed by atoms with Crippen LogP contribution in [0.3, 0.4) is 0 Å². The lowest BCUT2D eigenvalue weighted by Crippen LogP contribution is -2.08. The summed E-state index contributed by atoms with van der Waals surface area (Å²) < 4.78 is 4.75. The molecule has 0 saturated carbocycles. The van der Waals surface area contributed by atoms with Crippen molar-refractivity contribution in [3.05, 3.63) is 12.2 Å². The average molecular weight is 127 g/mol. The van der Waals surface area contributed by atoms with Gasteiger partial charge in [0.25, 0.3) is 0 Å². The standard InChI is InChI=1S/C5H9N3O/c1-4(2-6)5-7-3-8-9-5/h3-4H,2,6H2,1H3. The van der Waals surface area contributed by atoms with E-state index < -0.39 is 0 Å². The van der Waals surface area contributed by atoms with Gasteiger partial charge in [0.15, 0.2) is 6.33 Å². The molecule has 1 aromatic rings. The van der Waals surface area contributed by atoms with Crippen molar-refractivity contribution >= 4 is 0 Å². The molecule has 1 heterocycles. The molecular weight excluding hydrogens is 118 g/mol. The maximum absolute atomic E-state index is 5.34. The second-order valence-electron chi connectivity index (χ2n) is 1.92. The van der Waals surface area contributed by atoms with E-state index in [4.69, 9.17) is 10.3 Å². The summed E-state index contributed by atoms with van der Waals surface area (Å²) in [6.45, 7) is 2.48. The highest BCUT2D eigenvalue weighted by Crippen LogP contribution is 2.07. The Labute approximate surface area is 53.1 Å². The fourth-order valence-electron chi connectivity index (χ4n) is 0.500. The molecule has 0 aliphatic carbocycles. The molecule has 4 nitrogen and oxygen atoms in total. The summed E-state index contributed by atoms with van der Waals surface area (Å²) in [5.41, 5.74) is 5.34. The highest BCUT2D eigenvalue weighted by Gasteiger charge is 2.06. The number of rotatable bonds is 2. The lowest BCUT2D eigenvalue weighted by atomic mass is 10.2. The van der Waals surface area contributed by atoms with Gasteiger partial charge in [0.2, 0.25) is 5.89 Å². The van der Waals surface area contributed by atoms with Gasteiger partial charge in [-0.25, -0.2) is 0 Å². The third-order valence-electron chi connectivity index (χ3n) is 1.15. The van der Waals surface area contributed by atoms with Crippen LogP contribution in [0.5, 0.6) is 0 Å². The summed E-state index contributed by atoms with van der Waals surface area (Å²) in [6.07, 6.45) is 1.38. The zero-order valence-corrected chi connectivity index (χ0v) is 5.24. The maximum Gasteiger partial charge on any atom is 0.230 e. The summed E-state index contributed by atoms with van der Waals surface area (Å²) in [4.78, 5) is 3.83. The van der Waals surface area contributed by atoms with Gasteiger partial charge in [-0.05, 0) is 0 Å². The van der Waals surface area contributed by atoms with Gasteiger partial charge in [-0.3, -0.25) is 0 Å². The van der Waals surface area contributed by atoms with Gasteiger partial charge in [-0.1, -0.05) is 12.1 Å². The van der Waals surface area contributed by atoms with Crippen LogP contribution in [-0.4, -0.2) is 16.7 Å². The number of hydrogen-bond acceptors (Lipinski definition) is 4. The molecule has 0 aliphatic heterocycles. The van der Waals surface area contributed by atoms with E-state index in [1.54, 1.807) is 0 Å². The number of hydrogen-bond donors (Lipinski definition) is 1. The largest absolute Gasteiger partial charge is 0.339 e. The first-order chi connectivity index (χ1) is 4.34. The Balaban J connectivity index is 2.65. The Bertz CT molecular complexity index is 161. The lowest BCUT2D eigenvalue weighted by Gasteiger charge is -1.97. The average Bonchev–Trinajstić information content (AvgIpc) is 2.37. The lowest BCUT2D eigenvalue weighted by molar-refractivity contribution is 0.360. The molecule has 0 amide bonds. The molecule has 1 rings (SSSR count). The molecule has 9 heavy (non-hydrogen) atoms. The molecule has 0 bridgehead atoms. The second-order valence-corrected chi connectivity index (χ2v) is 1.92. The zero-order valence-electron chi connectivity index (χ0n) is 5.24. The highest BCUT2D eigenvalue weighted by molar-refractivity contribution is 4.85. The maximum atomic E-state index is 5.34. The van der Waals surface area contributed by atoms with Crippen LogP contribution >= 0.6 is 0 Å². The normalized spacial score (nSPS) is 13.6. The topological polar surface area (TPSA) is 64.9 Å². The van der Waals surface area contributed by atoms with Crippen LogP contribution in [-0.2, 0) is 0 Å². The van der Waals surface area contributed by atoms with Crippen molar-refractivity contribution in [2.45, 2.75) is 12.8 Å². The molecular formula is C5H9N3O. The molecule has 0 spiro atoms. The third-order valence-corrected chi connectivity index (χ3v) is 1.15. The van der Waals surface area contributed by atoms with Crippen molar-refractivity contribution in [2.24, 2.45) is 5.73 Å². The van der Waals surface area contributed by atoms with Crippen LogP contribution in [0.4, 0.5) is 0 Å². The van der Waals surface area contributed by atoms with Crippen molar-refractivity contribution in [1.29, 1.82) is 0 Å². The van der Waals surface area contributed by atoms with Crippen molar-refractivity contribution in [2.75, 3.05) is 6.54 Å². The Morgan fingerprint density at radius 1 is 1.89 bits per heavy atom. The molecule has 1 aromatic heterocycles. The first-order valence-electron chi connectivity index (χ1n) is 2.81. The van der Waals surface area contributed by atoms with Crippen LogP contribution in [0.15, 0.2) is 10.9 Å². The van der Waals surface area contributed by atoms with Crippen molar-refractivity contribution in [3.63, 3.8) is 0 Å². The van der Waals surface area contributed by atoms with E-state index in [0.717, 1.165) is 0 Å². The minimum absolute atomic E-state index is 0.174. The molecule has 0 aromatic carbocycles. The summed E-state index contributed by atoms with van der Waals surface area (Å²) in [7, 11) is 0. The Hall–Kier alpha value is -0.900. The third kappa shape index (κ3) is 1.26. The smallest absolute Gasteiger partial charge is 0.230 e. The molecule has 0 aliphatic rings. The molecule has 4 heteroatoms. The molecule has 1 unspecified atom stereocenters. The Morgan fingerprint density at radius 3 is 3.11 bits per heavy atom. The van der Waals surface area contributed by atoms with Crippen LogP contribution < -0.4 is 5.73 Å². The Morgan fingerprint density at radius 2 is 2.67 bits per heavy atom. The van der Waals surface area contributed by atoms with Crippen LogP contribution in [0, 0.1) is 0 Å². The quantitative estimate of drug-likeness (QED) is 0.613. The fraction of sp³-hybridized carbons (Fsp3) is 0.600. The summed E-state index contributed by atoms with van der Waals surface area (Å²) in [6, 6.07) is 0. The Kier molecular flexibility index (Phi) is 1.79. The van der Waals surface area contributed by atoms with Crippen LogP contribution in [0.2, 0.25) is 0 Å². The summed E-state index contributed by atoms with van der Waals surface area (Å²) in [5.74, 6) is 0.782. The van der Waals surface area contributed by atoms with Gasteiger partial charge in [0.1, 0.15) is 0 Å². The number of nitrogens with two attached hydrogens (primary N) is 1. The summed E-state index contributed by atoms with van der Waals surface area (Å²) in [5, 5.41) is 3.45. The van der Waals surface area contributed by atoms with Crippen LogP contribution in [0.25, 0.3) is 0 Å². The summed E-state index contributed by atoms with van der Waals surface area (Å²) >= 11 is 0. The molecule has 50 valence electrons. The van der Waals surface area contributed by atoms with E-state index in [1.165, 1.54) is 6.33 Å². The van der Waals surface area contributed by atoms with E-state index in [9.17, 15) is 0 Å². The minimum atomic E-state index is 0.174. The van der Waals surface area contributed by atoms with Gasteiger partial charge in [-0.2, -0.15) is 4.98 Å². The molecule has 1 atom stereocenters. The van der Waals surface area contributed by atoms with Crippen molar-refractivity contribution < 1.29 is 4.52 Å². The monoisotopic (exact) mass is 127 g/mol. The molecule has 0 saturated heterocycles. The zero-order chi connectivity index (χ0) is 6.69. The number of nitrogens with zero attached hydrogens (tertiary/aromatic N) is 2. The predicted octanol–water partition coefficient (Wildman–Crippen LogP) is 0.132. The SMILES string of the molecule is CC(CN)c1ncno1. The van der Waals surface area contributed by atoms with E-state index in [1.807, 2.05) is 6.92 Å². The second kappa shape index (κ2) is 2.59. The van der Waals surface area contributed by atoms with Gasteiger partial charge < -0.3 is 10.3 Å². The van der Waals surface area contributed by atoms with E-state index >= 15 is 0 Å². The molecule has 0 fully saturated rings. The predicted molar refractivity (Wildman–Crippen MR) is 31.8 cm³/mol. The van der Waals surface area contributed by atoms with Gasteiger partial charge >= 0.3 is 0 Å². The van der Waals surface area contributed by atoms with Crippen molar-refractivity contribution in [1.82, 2.24) is 10.1 Å². The van der Waals surface area contributed by atoms with E-state index in [2.05, 4.69) is 10.1 Å². The highest BCUT2D eigenvalue weighted by atomic mass is 16.5. The van der Waals surface area contributed by atoms with E-state index in [0.29, 0.717) is 12.4 Å². The molecule has 2 N–H and O–H groups in total. The van der Waals surface area contributed by atoms with Crippen molar-refractivity contribution in [3.8, 4) is 0 Å². The first kappa shape index (κ1) is 6.22. The van der Waals surface area contributed by atoms with Gasteiger partial charge in [-0.15, -0.1) is 0 Å². The van der Waals surface area contributed by atoms with E-state index in [-0.39, 0.29) is 5.92 Å². The van der Waals surface area contributed by atoms with Gasteiger partial charge in [0.05, 0.1) is 0 Å². The minimum Gasteiger partial charge on any atom is -0.339 e. The fourth-order valence-corrected chi connectivity index (χ4v) is 0.500. The van der Waals surface area contributed by atoms with Gasteiger partial charge in [0, 0.05) is 12.5 Å². The number of aromatic nitrogens is 2. The van der Waals surface area contributed by atoms with Crippen LogP contribution in [0.1, 0.15) is 18.7 Å². The molecule has 0 radical (unpaired) electrons. The first-order valence-corrected chi connectivity index (χ1v) is 2.81.